The van der Waals surface area contributed by atoms with E-state index in [2.05, 4.69) is 4.98 Å². The van der Waals surface area contributed by atoms with Gasteiger partial charge in [0.15, 0.2) is 4.77 Å². The number of aromatic nitrogens is 2. The van der Waals surface area contributed by atoms with E-state index in [1.807, 2.05) is 30.3 Å². The lowest BCUT2D eigenvalue weighted by atomic mass is 10.2. The number of benzene rings is 2. The third-order valence-electron chi connectivity index (χ3n) is 3.55. The molecule has 3 rings (SSSR count). The van der Waals surface area contributed by atoms with Gasteiger partial charge in [0.25, 0.3) is 5.56 Å². The first-order valence-corrected chi connectivity index (χ1v) is 7.82. The summed E-state index contributed by atoms with van der Waals surface area (Å²) in [5.41, 5.74) is 0.438. The lowest BCUT2D eigenvalue weighted by molar-refractivity contribution is 0.0694. The van der Waals surface area contributed by atoms with E-state index >= 15 is 0 Å². The van der Waals surface area contributed by atoms with Crippen LogP contribution in [0.15, 0.2) is 65.6 Å². The molecule has 0 unspecified atom stereocenters. The second-order valence-corrected chi connectivity index (χ2v) is 5.61. The van der Waals surface area contributed by atoms with Crippen molar-refractivity contribution < 1.29 is 14.6 Å². The Hall–Kier alpha value is -3.19. The zero-order chi connectivity index (χ0) is 17.8. The average molecular weight is 354 g/mol. The van der Waals surface area contributed by atoms with Crippen molar-refractivity contribution in [3.63, 3.8) is 0 Å². The van der Waals surface area contributed by atoms with Crippen molar-refractivity contribution in [2.24, 2.45) is 0 Å². The van der Waals surface area contributed by atoms with Gasteiger partial charge in [-0.2, -0.15) is 0 Å². The topological polar surface area (TPSA) is 84.3 Å². The molecule has 6 nitrogen and oxygen atoms in total. The van der Waals surface area contributed by atoms with Crippen LogP contribution in [0.1, 0.15) is 15.9 Å². The van der Waals surface area contributed by atoms with E-state index in [0.29, 0.717) is 18.0 Å². The molecule has 0 fully saturated rings. The van der Waals surface area contributed by atoms with Gasteiger partial charge in [-0.3, -0.25) is 9.36 Å². The van der Waals surface area contributed by atoms with Gasteiger partial charge in [0.05, 0.1) is 5.69 Å². The number of nitrogens with one attached hydrogen (secondary N) is 1. The van der Waals surface area contributed by atoms with Crippen LogP contribution in [-0.2, 0) is 6.61 Å². The van der Waals surface area contributed by atoms with E-state index in [-0.39, 0.29) is 10.3 Å². The summed E-state index contributed by atoms with van der Waals surface area (Å²) in [7, 11) is 0. The zero-order valence-corrected chi connectivity index (χ0v) is 13.8. The summed E-state index contributed by atoms with van der Waals surface area (Å²) in [6.07, 6.45) is 1.10. The predicted molar refractivity (Wildman–Crippen MR) is 95.0 cm³/mol. The lowest BCUT2D eigenvalue weighted by Crippen LogP contribution is -2.26. The molecule has 0 aliphatic carbocycles. The first-order chi connectivity index (χ1) is 12.1. The monoisotopic (exact) mass is 354 g/mol. The molecule has 0 aliphatic heterocycles. The highest BCUT2D eigenvalue weighted by Crippen LogP contribution is 2.16. The van der Waals surface area contributed by atoms with Gasteiger partial charge in [0.1, 0.15) is 17.9 Å². The smallest absolute Gasteiger partial charge is 0.342 e. The number of H-pyrrole nitrogens is 1. The minimum atomic E-state index is -1.31. The van der Waals surface area contributed by atoms with E-state index < -0.39 is 11.5 Å². The maximum absolute atomic E-state index is 12.3. The Kier molecular flexibility index (Phi) is 4.76. The molecule has 1 heterocycles. The van der Waals surface area contributed by atoms with Gasteiger partial charge in [-0.15, -0.1) is 0 Å². The third-order valence-corrected chi connectivity index (χ3v) is 3.85. The molecule has 2 N–H and O–H groups in total. The van der Waals surface area contributed by atoms with Crippen molar-refractivity contribution in [3.8, 4) is 11.4 Å². The molecule has 7 heteroatoms. The van der Waals surface area contributed by atoms with Crippen LogP contribution in [0.3, 0.4) is 0 Å². The summed E-state index contributed by atoms with van der Waals surface area (Å²) < 4.78 is 6.95. The molecule has 25 heavy (non-hydrogen) atoms. The molecule has 0 spiro atoms. The van der Waals surface area contributed by atoms with Crippen molar-refractivity contribution in [3.05, 3.63) is 87.0 Å². The number of carboxylic acid groups (broad SMARTS) is 1. The van der Waals surface area contributed by atoms with Gasteiger partial charge in [-0.05, 0) is 42.0 Å². The maximum atomic E-state index is 12.3. The number of hydrogen-bond acceptors (Lipinski definition) is 4. The predicted octanol–water partition coefficient (Wildman–Crippen LogP) is 3.17. The molecule has 0 bridgehead atoms. The van der Waals surface area contributed by atoms with E-state index in [1.165, 1.54) is 0 Å². The zero-order valence-electron chi connectivity index (χ0n) is 13.0. The fourth-order valence-electron chi connectivity index (χ4n) is 2.29. The van der Waals surface area contributed by atoms with E-state index in [1.54, 1.807) is 24.3 Å². The minimum absolute atomic E-state index is 0.118. The Bertz CT molecular complexity index is 1010. The number of nitrogens with zero attached hydrogens (tertiary/aromatic N) is 1. The summed E-state index contributed by atoms with van der Waals surface area (Å²) in [4.78, 5) is 26.0. The van der Waals surface area contributed by atoms with E-state index in [0.717, 1.165) is 16.3 Å². The van der Waals surface area contributed by atoms with Crippen molar-refractivity contribution in [1.29, 1.82) is 0 Å². The largest absolute Gasteiger partial charge is 0.489 e. The molecule has 0 radical (unpaired) electrons. The molecule has 0 aliphatic rings. The van der Waals surface area contributed by atoms with E-state index in [4.69, 9.17) is 22.1 Å². The highest BCUT2D eigenvalue weighted by molar-refractivity contribution is 7.71. The Morgan fingerprint density at radius 2 is 1.80 bits per heavy atom. The van der Waals surface area contributed by atoms with Crippen molar-refractivity contribution in [1.82, 2.24) is 9.55 Å². The molecule has 2 aromatic carbocycles. The normalized spacial score (nSPS) is 10.4. The van der Waals surface area contributed by atoms with Crippen LogP contribution >= 0.6 is 12.2 Å². The fraction of sp³-hybridized carbons (Fsp3) is 0.0556. The van der Waals surface area contributed by atoms with E-state index in [9.17, 15) is 9.59 Å². The van der Waals surface area contributed by atoms with Crippen LogP contribution in [0.5, 0.6) is 5.75 Å². The second-order valence-electron chi connectivity index (χ2n) is 5.22. The Labute approximate surface area is 148 Å². The summed E-state index contributed by atoms with van der Waals surface area (Å²) in [5.74, 6) is -0.683. The minimum Gasteiger partial charge on any atom is -0.489 e. The standard InChI is InChI=1S/C18H14N2O4S/c21-16-15(17(22)23)10-19-18(25)20(16)13-6-8-14(9-7-13)24-11-12-4-2-1-3-5-12/h1-10H,11H2,(H,19,25)(H,22,23). The summed E-state index contributed by atoms with van der Waals surface area (Å²) >= 11 is 5.10. The first kappa shape index (κ1) is 16.7. The van der Waals surface area contributed by atoms with Crippen molar-refractivity contribution in [2.45, 2.75) is 6.61 Å². The van der Waals surface area contributed by atoms with Crippen LogP contribution in [0, 0.1) is 4.77 Å². The van der Waals surface area contributed by atoms with Crippen LogP contribution in [0.2, 0.25) is 0 Å². The Balaban J connectivity index is 1.86. The molecule has 0 amide bonds. The number of rotatable bonds is 5. The molecule has 0 atom stereocenters. The number of aromatic amines is 1. The highest BCUT2D eigenvalue weighted by atomic mass is 32.1. The number of carbonyl (C=O) groups is 1. The summed E-state index contributed by atoms with van der Waals surface area (Å²) in [5, 5.41) is 9.06. The third kappa shape index (κ3) is 3.67. The molecule has 0 saturated carbocycles. The number of ether oxygens (including phenoxy) is 1. The lowest BCUT2D eigenvalue weighted by Gasteiger charge is -2.09. The van der Waals surface area contributed by atoms with Gasteiger partial charge >= 0.3 is 5.97 Å². The summed E-state index contributed by atoms with van der Waals surface area (Å²) in [6.45, 7) is 0.425. The molecular formula is C18H14N2O4S. The van der Waals surface area contributed by atoms with Crippen molar-refractivity contribution >= 4 is 18.2 Å². The molecule has 1 aromatic heterocycles. The number of aromatic carboxylic acids is 1. The molecule has 0 saturated heterocycles. The number of hydrogen-bond donors (Lipinski definition) is 2. The van der Waals surface area contributed by atoms with Crippen LogP contribution in [-0.4, -0.2) is 20.6 Å². The van der Waals surface area contributed by atoms with Gasteiger partial charge in [-0.25, -0.2) is 4.79 Å². The molecule has 3 aromatic rings. The fourth-order valence-corrected chi connectivity index (χ4v) is 2.54. The second kappa shape index (κ2) is 7.14. The maximum Gasteiger partial charge on any atom is 0.342 e. The first-order valence-electron chi connectivity index (χ1n) is 7.41. The van der Waals surface area contributed by atoms with Gasteiger partial charge in [-0.1, -0.05) is 30.3 Å². The summed E-state index contributed by atoms with van der Waals surface area (Å²) in [6, 6.07) is 16.4. The average Bonchev–Trinajstić information content (AvgIpc) is 2.61. The van der Waals surface area contributed by atoms with Gasteiger partial charge < -0.3 is 14.8 Å². The quantitative estimate of drug-likeness (QED) is 0.688. The van der Waals surface area contributed by atoms with Gasteiger partial charge in [0, 0.05) is 6.20 Å². The molecule has 126 valence electrons. The van der Waals surface area contributed by atoms with Gasteiger partial charge in [0.2, 0.25) is 0 Å². The molecular weight excluding hydrogens is 340 g/mol. The SMILES string of the molecule is O=C(O)c1c[nH]c(=S)n(-c2ccc(OCc3ccccc3)cc2)c1=O. The van der Waals surface area contributed by atoms with Crippen molar-refractivity contribution in [2.75, 3.05) is 0 Å². The number of carboxylic acids is 1. The highest BCUT2D eigenvalue weighted by Gasteiger charge is 2.13. The Morgan fingerprint density at radius 1 is 1.12 bits per heavy atom. The van der Waals surface area contributed by atoms with Crippen LogP contribution < -0.4 is 10.3 Å². The Morgan fingerprint density at radius 3 is 2.44 bits per heavy atom. The van der Waals surface area contributed by atoms with Crippen LogP contribution in [0.25, 0.3) is 5.69 Å². The van der Waals surface area contributed by atoms with Crippen LogP contribution in [0.4, 0.5) is 0 Å².